The zero-order valence-corrected chi connectivity index (χ0v) is 11.1. The monoisotopic (exact) mass is 254 g/mol. The molecule has 1 N–H and O–H groups in total. The second-order valence-corrected chi connectivity index (χ2v) is 4.85. The first-order valence-corrected chi connectivity index (χ1v) is 6.66. The minimum Gasteiger partial charge on any atom is -0.350 e. The molecule has 0 saturated carbocycles. The van der Waals surface area contributed by atoms with Crippen LogP contribution in [0.4, 0.5) is 5.82 Å². The highest BCUT2D eigenvalue weighted by atomic mass is 15.3. The molecule has 1 aromatic carbocycles. The molecule has 0 amide bonds. The van der Waals surface area contributed by atoms with E-state index in [2.05, 4.69) is 50.7 Å². The molecule has 2 aromatic rings. The molecule has 2 heterocycles. The quantitative estimate of drug-likeness (QED) is 0.906. The molecule has 3 rings (SSSR count). The maximum absolute atomic E-state index is 4.33. The van der Waals surface area contributed by atoms with Gasteiger partial charge in [0, 0.05) is 19.6 Å². The topological polar surface area (TPSA) is 41.0 Å². The van der Waals surface area contributed by atoms with E-state index in [1.54, 1.807) is 0 Å². The summed E-state index contributed by atoms with van der Waals surface area (Å²) in [6.07, 6.45) is 1.08. The van der Waals surface area contributed by atoms with Crippen LogP contribution in [0, 0.1) is 0 Å². The van der Waals surface area contributed by atoms with Crippen LogP contribution in [0.15, 0.2) is 36.4 Å². The molecule has 0 bridgehead atoms. The number of rotatable bonds is 3. The van der Waals surface area contributed by atoms with E-state index in [1.165, 1.54) is 11.1 Å². The fraction of sp³-hybridized carbons (Fsp3) is 0.333. The second-order valence-electron chi connectivity index (χ2n) is 4.85. The molecule has 0 radical (unpaired) electrons. The van der Waals surface area contributed by atoms with Crippen LogP contribution < -0.4 is 10.2 Å². The van der Waals surface area contributed by atoms with Crippen LogP contribution in [-0.4, -0.2) is 23.8 Å². The number of hydrogen-bond donors (Lipinski definition) is 1. The van der Waals surface area contributed by atoms with Crippen LogP contribution >= 0.6 is 0 Å². The highest BCUT2D eigenvalue weighted by Crippen LogP contribution is 2.22. The van der Waals surface area contributed by atoms with Crippen molar-refractivity contribution in [1.29, 1.82) is 0 Å². The molecule has 98 valence electrons. The lowest BCUT2D eigenvalue weighted by Gasteiger charge is -2.29. The van der Waals surface area contributed by atoms with E-state index in [1.807, 2.05) is 13.1 Å². The molecular weight excluding hydrogens is 236 g/mol. The van der Waals surface area contributed by atoms with Crippen molar-refractivity contribution < 1.29 is 0 Å². The zero-order chi connectivity index (χ0) is 13.1. The lowest BCUT2D eigenvalue weighted by molar-refractivity contribution is 0.702. The Hall–Kier alpha value is -1.94. The summed E-state index contributed by atoms with van der Waals surface area (Å²) in [4.78, 5) is 2.29. The average Bonchev–Trinajstić information content (AvgIpc) is 2.48. The van der Waals surface area contributed by atoms with Crippen molar-refractivity contribution in [2.75, 3.05) is 18.5 Å². The van der Waals surface area contributed by atoms with Crippen molar-refractivity contribution in [1.82, 2.24) is 15.5 Å². The van der Waals surface area contributed by atoms with Crippen molar-refractivity contribution in [2.24, 2.45) is 0 Å². The molecule has 1 aliphatic heterocycles. The summed E-state index contributed by atoms with van der Waals surface area (Å²) in [7, 11) is 1.91. The first-order valence-electron chi connectivity index (χ1n) is 6.66. The maximum Gasteiger partial charge on any atom is 0.151 e. The van der Waals surface area contributed by atoms with Crippen LogP contribution in [0.1, 0.15) is 16.8 Å². The lowest BCUT2D eigenvalue weighted by atomic mass is 10.00. The van der Waals surface area contributed by atoms with Gasteiger partial charge < -0.3 is 10.2 Å². The van der Waals surface area contributed by atoms with Gasteiger partial charge in [0.2, 0.25) is 0 Å². The summed E-state index contributed by atoms with van der Waals surface area (Å²) in [5.74, 6) is 0.967. The van der Waals surface area contributed by atoms with Gasteiger partial charge in [-0.15, -0.1) is 5.10 Å². The Morgan fingerprint density at radius 1 is 1.11 bits per heavy atom. The molecule has 0 saturated heterocycles. The van der Waals surface area contributed by atoms with E-state index in [0.717, 1.165) is 37.6 Å². The van der Waals surface area contributed by atoms with E-state index >= 15 is 0 Å². The fourth-order valence-electron chi connectivity index (χ4n) is 2.49. The predicted molar refractivity (Wildman–Crippen MR) is 76.0 cm³/mol. The maximum atomic E-state index is 4.33. The predicted octanol–water partition coefficient (Wildman–Crippen LogP) is 1.76. The number of aromatic nitrogens is 2. The molecule has 1 aromatic heterocycles. The van der Waals surface area contributed by atoms with E-state index in [4.69, 9.17) is 0 Å². The fourth-order valence-corrected chi connectivity index (χ4v) is 2.49. The highest BCUT2D eigenvalue weighted by Gasteiger charge is 2.17. The van der Waals surface area contributed by atoms with Crippen molar-refractivity contribution in [3.05, 3.63) is 53.2 Å². The van der Waals surface area contributed by atoms with Gasteiger partial charge in [-0.3, -0.25) is 0 Å². The normalized spacial score (nSPS) is 14.3. The van der Waals surface area contributed by atoms with Crippen LogP contribution in [0.5, 0.6) is 0 Å². The Kier molecular flexibility index (Phi) is 3.42. The number of hydrogen-bond acceptors (Lipinski definition) is 4. The Balaban J connectivity index is 1.77. The summed E-state index contributed by atoms with van der Waals surface area (Å²) in [5.41, 5.74) is 3.83. The first kappa shape index (κ1) is 12.1. The molecule has 4 heteroatoms. The van der Waals surface area contributed by atoms with Gasteiger partial charge in [-0.1, -0.05) is 24.3 Å². The number of nitrogens with one attached hydrogen (secondary N) is 1. The molecular formula is C15H18N4. The Labute approximate surface area is 113 Å². The van der Waals surface area contributed by atoms with Gasteiger partial charge in [0.15, 0.2) is 5.82 Å². The summed E-state index contributed by atoms with van der Waals surface area (Å²) in [6.45, 7) is 2.70. The zero-order valence-electron chi connectivity index (χ0n) is 11.1. The summed E-state index contributed by atoms with van der Waals surface area (Å²) < 4.78 is 0. The molecule has 1 aliphatic rings. The van der Waals surface area contributed by atoms with Gasteiger partial charge in [0.25, 0.3) is 0 Å². The third-order valence-electron chi connectivity index (χ3n) is 3.52. The van der Waals surface area contributed by atoms with Gasteiger partial charge in [-0.25, -0.2) is 0 Å². The average molecular weight is 254 g/mol. The van der Waals surface area contributed by atoms with Gasteiger partial charge in [-0.2, -0.15) is 5.10 Å². The van der Waals surface area contributed by atoms with Crippen LogP contribution in [0.25, 0.3) is 0 Å². The molecule has 0 atom stereocenters. The molecule has 0 aliphatic carbocycles. The minimum absolute atomic E-state index is 0.760. The number of anilines is 1. The number of benzene rings is 1. The van der Waals surface area contributed by atoms with Crippen LogP contribution in [-0.2, 0) is 19.5 Å². The van der Waals surface area contributed by atoms with Gasteiger partial charge in [0.05, 0.1) is 5.69 Å². The molecule has 0 unspecified atom stereocenters. The largest absolute Gasteiger partial charge is 0.350 e. The van der Waals surface area contributed by atoms with E-state index in [-0.39, 0.29) is 0 Å². The Bertz CT molecular complexity index is 550. The SMILES string of the molecule is CNCc1ccc(N2CCc3ccccc3C2)nn1. The van der Waals surface area contributed by atoms with Crippen molar-refractivity contribution in [2.45, 2.75) is 19.5 Å². The minimum atomic E-state index is 0.760. The summed E-state index contributed by atoms with van der Waals surface area (Å²) in [6, 6.07) is 12.7. The van der Waals surface area contributed by atoms with Crippen molar-refractivity contribution in [3.63, 3.8) is 0 Å². The third kappa shape index (κ3) is 2.58. The third-order valence-corrected chi connectivity index (χ3v) is 3.52. The summed E-state index contributed by atoms with van der Waals surface area (Å²) >= 11 is 0. The van der Waals surface area contributed by atoms with E-state index < -0.39 is 0 Å². The van der Waals surface area contributed by atoms with Gasteiger partial charge in [0.1, 0.15) is 0 Å². The van der Waals surface area contributed by atoms with Crippen LogP contribution in [0.3, 0.4) is 0 Å². The van der Waals surface area contributed by atoms with Crippen molar-refractivity contribution >= 4 is 5.82 Å². The molecule has 19 heavy (non-hydrogen) atoms. The van der Waals surface area contributed by atoms with Crippen molar-refractivity contribution in [3.8, 4) is 0 Å². The van der Waals surface area contributed by atoms with E-state index in [0.29, 0.717) is 0 Å². The van der Waals surface area contributed by atoms with Gasteiger partial charge in [-0.05, 0) is 36.7 Å². The molecule has 0 fully saturated rings. The summed E-state index contributed by atoms with van der Waals surface area (Å²) in [5, 5.41) is 11.7. The Morgan fingerprint density at radius 2 is 1.95 bits per heavy atom. The molecule has 4 nitrogen and oxygen atoms in total. The standard InChI is InChI=1S/C15H18N4/c1-16-10-14-6-7-15(18-17-14)19-9-8-12-4-2-3-5-13(12)11-19/h2-7,16H,8-11H2,1H3. The second kappa shape index (κ2) is 5.36. The lowest BCUT2D eigenvalue weighted by Crippen LogP contribution is -2.31. The molecule has 0 spiro atoms. The Morgan fingerprint density at radius 3 is 2.68 bits per heavy atom. The van der Waals surface area contributed by atoms with Gasteiger partial charge >= 0.3 is 0 Å². The van der Waals surface area contributed by atoms with E-state index in [9.17, 15) is 0 Å². The number of nitrogens with zero attached hydrogens (tertiary/aromatic N) is 3. The highest BCUT2D eigenvalue weighted by molar-refractivity contribution is 5.43. The van der Waals surface area contributed by atoms with Crippen LogP contribution in [0.2, 0.25) is 0 Å². The first-order chi connectivity index (χ1) is 9.36. The number of fused-ring (bicyclic) bond motifs is 1. The smallest absolute Gasteiger partial charge is 0.151 e.